The zero-order chi connectivity index (χ0) is 19.0. The number of fused-ring (bicyclic) bond motifs is 1. The summed E-state index contributed by atoms with van der Waals surface area (Å²) in [5, 5.41) is 6.34. The monoisotopic (exact) mass is 367 g/mol. The summed E-state index contributed by atoms with van der Waals surface area (Å²) in [6, 6.07) is 5.67. The molecule has 2 aliphatic rings. The van der Waals surface area contributed by atoms with Gasteiger partial charge in [0, 0.05) is 13.1 Å². The lowest BCUT2D eigenvalue weighted by Gasteiger charge is -2.28. The highest BCUT2D eigenvalue weighted by Gasteiger charge is 2.28. The van der Waals surface area contributed by atoms with Crippen LogP contribution in [-0.4, -0.2) is 29.9 Å². The minimum atomic E-state index is -0.470. The Morgan fingerprint density at radius 1 is 1.04 bits per heavy atom. The third-order valence-corrected chi connectivity index (χ3v) is 5.99. The van der Waals surface area contributed by atoms with Gasteiger partial charge >= 0.3 is 0 Å². The van der Waals surface area contributed by atoms with Crippen molar-refractivity contribution in [2.24, 2.45) is 0 Å². The van der Waals surface area contributed by atoms with E-state index in [4.69, 9.17) is 0 Å². The van der Waals surface area contributed by atoms with Crippen molar-refractivity contribution in [3.8, 4) is 0 Å². The first-order valence-corrected chi connectivity index (χ1v) is 9.81. The molecular formula is C21H25N3O3. The molecule has 0 saturated heterocycles. The molecule has 2 amide bonds. The van der Waals surface area contributed by atoms with E-state index in [9.17, 15) is 14.4 Å². The highest BCUT2D eigenvalue weighted by atomic mass is 16.2. The van der Waals surface area contributed by atoms with Crippen LogP contribution in [0.25, 0.3) is 10.9 Å². The zero-order valence-corrected chi connectivity index (χ0v) is 15.6. The molecule has 0 bridgehead atoms. The van der Waals surface area contributed by atoms with E-state index >= 15 is 0 Å². The van der Waals surface area contributed by atoms with Gasteiger partial charge in [0.15, 0.2) is 0 Å². The van der Waals surface area contributed by atoms with Gasteiger partial charge in [0.2, 0.25) is 0 Å². The fourth-order valence-corrected chi connectivity index (χ4v) is 4.23. The Labute approximate surface area is 157 Å². The van der Waals surface area contributed by atoms with Crippen LogP contribution in [-0.2, 0) is 0 Å². The maximum atomic E-state index is 13.2. The molecule has 0 radical (unpaired) electrons. The smallest absolute Gasteiger partial charge is 0.261 e. The quantitative estimate of drug-likeness (QED) is 0.776. The third-order valence-electron chi connectivity index (χ3n) is 5.99. The Kier molecular flexibility index (Phi) is 4.72. The van der Waals surface area contributed by atoms with E-state index in [-0.39, 0.29) is 17.5 Å². The average molecular weight is 367 g/mol. The molecule has 1 heterocycles. The number of H-pyrrole nitrogens is 1. The number of aromatic nitrogens is 1. The Morgan fingerprint density at radius 2 is 1.78 bits per heavy atom. The highest BCUT2D eigenvalue weighted by Crippen LogP contribution is 2.39. The van der Waals surface area contributed by atoms with Gasteiger partial charge in [0.1, 0.15) is 5.56 Å². The fourth-order valence-electron chi connectivity index (χ4n) is 4.23. The van der Waals surface area contributed by atoms with E-state index in [1.165, 1.54) is 13.5 Å². The second-order valence-electron chi connectivity index (χ2n) is 7.67. The molecule has 4 rings (SSSR count). The Hall–Kier alpha value is -2.63. The Morgan fingerprint density at radius 3 is 2.41 bits per heavy atom. The van der Waals surface area contributed by atoms with E-state index < -0.39 is 11.5 Å². The highest BCUT2D eigenvalue weighted by molar-refractivity contribution is 6.08. The number of hydrogen-bond acceptors (Lipinski definition) is 3. The van der Waals surface area contributed by atoms with Gasteiger partial charge in [-0.3, -0.25) is 14.4 Å². The minimum absolute atomic E-state index is 0.0588. The zero-order valence-electron chi connectivity index (χ0n) is 15.6. The van der Waals surface area contributed by atoms with E-state index in [2.05, 4.69) is 15.6 Å². The molecule has 2 aliphatic carbocycles. The largest absolute Gasteiger partial charge is 0.355 e. The fraction of sp³-hybridized carbons (Fsp3) is 0.476. The third kappa shape index (κ3) is 3.24. The van der Waals surface area contributed by atoms with E-state index in [0.29, 0.717) is 22.4 Å². The number of benzene rings is 1. The van der Waals surface area contributed by atoms with E-state index in [1.54, 1.807) is 6.07 Å². The predicted molar refractivity (Wildman–Crippen MR) is 104 cm³/mol. The number of aromatic amines is 1. The number of rotatable bonds is 4. The van der Waals surface area contributed by atoms with Crippen LogP contribution in [0.1, 0.15) is 77.1 Å². The van der Waals surface area contributed by atoms with Crippen LogP contribution in [0.2, 0.25) is 0 Å². The number of hydrogen-bond donors (Lipinski definition) is 3. The summed E-state index contributed by atoms with van der Waals surface area (Å²) in [6.45, 7) is 0. The summed E-state index contributed by atoms with van der Waals surface area (Å²) in [4.78, 5) is 40.4. The lowest BCUT2D eigenvalue weighted by atomic mass is 9.77. The summed E-state index contributed by atoms with van der Waals surface area (Å²) >= 11 is 0. The summed E-state index contributed by atoms with van der Waals surface area (Å²) in [6.07, 6.45) is 7.59. The number of amides is 2. The van der Waals surface area contributed by atoms with Gasteiger partial charge in [-0.05, 0) is 48.6 Å². The normalized spacial score (nSPS) is 17.7. The standard InChI is InChI=1S/C21H25N3O3/c1-22-19(25)16-11-13-9-10-15(12-5-4-6-12)17(18(13)24-20(16)26)21(27)23-14-7-2-3-8-14/h9-12,14H,2-8H2,1H3,(H,22,25)(H,23,27)(H,24,26). The SMILES string of the molecule is CNC(=O)c1cc2ccc(C3CCC3)c(C(=O)NC3CCCC3)c2[nH]c1=O. The number of carbonyl (C=O) groups is 2. The second kappa shape index (κ2) is 7.18. The molecule has 0 atom stereocenters. The van der Waals surface area contributed by atoms with Gasteiger partial charge in [-0.2, -0.15) is 0 Å². The first-order valence-electron chi connectivity index (χ1n) is 9.81. The molecule has 6 nitrogen and oxygen atoms in total. The van der Waals surface area contributed by atoms with Crippen molar-refractivity contribution < 1.29 is 9.59 Å². The van der Waals surface area contributed by atoms with Crippen molar-refractivity contribution >= 4 is 22.7 Å². The van der Waals surface area contributed by atoms with Crippen LogP contribution in [0.15, 0.2) is 23.0 Å². The molecule has 1 aromatic carbocycles. The van der Waals surface area contributed by atoms with Crippen molar-refractivity contribution in [3.63, 3.8) is 0 Å². The number of carbonyl (C=O) groups excluding carboxylic acids is 2. The van der Waals surface area contributed by atoms with Gasteiger partial charge in [-0.25, -0.2) is 0 Å². The molecule has 2 aromatic rings. The first kappa shape index (κ1) is 17.8. The lowest BCUT2D eigenvalue weighted by Crippen LogP contribution is -2.34. The Bertz CT molecular complexity index is 953. The van der Waals surface area contributed by atoms with Gasteiger partial charge in [-0.15, -0.1) is 0 Å². The van der Waals surface area contributed by atoms with Gasteiger partial charge in [0.05, 0.1) is 11.1 Å². The second-order valence-corrected chi connectivity index (χ2v) is 7.67. The summed E-state index contributed by atoms with van der Waals surface area (Å²) in [5.41, 5.74) is 1.70. The van der Waals surface area contributed by atoms with Crippen molar-refractivity contribution in [3.05, 3.63) is 45.2 Å². The summed E-state index contributed by atoms with van der Waals surface area (Å²) in [7, 11) is 1.49. The maximum Gasteiger partial charge on any atom is 0.261 e. The maximum absolute atomic E-state index is 13.2. The Balaban J connectivity index is 1.83. The average Bonchev–Trinajstić information content (AvgIpc) is 3.11. The van der Waals surface area contributed by atoms with Crippen LogP contribution in [0.3, 0.4) is 0 Å². The van der Waals surface area contributed by atoms with Crippen LogP contribution in [0.5, 0.6) is 0 Å². The lowest BCUT2D eigenvalue weighted by molar-refractivity contribution is 0.0935. The molecule has 2 saturated carbocycles. The topological polar surface area (TPSA) is 91.1 Å². The van der Waals surface area contributed by atoms with Gasteiger partial charge < -0.3 is 15.6 Å². The van der Waals surface area contributed by atoms with E-state index in [0.717, 1.165) is 44.1 Å². The molecule has 27 heavy (non-hydrogen) atoms. The van der Waals surface area contributed by atoms with Crippen molar-refractivity contribution in [2.45, 2.75) is 56.9 Å². The van der Waals surface area contributed by atoms with Crippen LogP contribution in [0.4, 0.5) is 0 Å². The number of nitrogens with one attached hydrogen (secondary N) is 3. The molecule has 2 fully saturated rings. The van der Waals surface area contributed by atoms with Crippen LogP contribution in [0, 0.1) is 0 Å². The van der Waals surface area contributed by atoms with E-state index in [1.807, 2.05) is 12.1 Å². The van der Waals surface area contributed by atoms with Gasteiger partial charge in [-0.1, -0.05) is 31.4 Å². The summed E-state index contributed by atoms with van der Waals surface area (Å²) in [5.74, 6) is -0.184. The van der Waals surface area contributed by atoms with Crippen molar-refractivity contribution in [1.82, 2.24) is 15.6 Å². The molecule has 0 spiro atoms. The molecule has 0 unspecified atom stereocenters. The minimum Gasteiger partial charge on any atom is -0.355 e. The van der Waals surface area contributed by atoms with Crippen molar-refractivity contribution in [2.75, 3.05) is 7.05 Å². The first-order chi connectivity index (χ1) is 13.1. The predicted octanol–water partition coefficient (Wildman–Crippen LogP) is 2.83. The van der Waals surface area contributed by atoms with Crippen LogP contribution < -0.4 is 16.2 Å². The molecule has 3 N–H and O–H groups in total. The van der Waals surface area contributed by atoms with Crippen LogP contribution >= 0.6 is 0 Å². The molecule has 142 valence electrons. The molecule has 0 aliphatic heterocycles. The molecule has 1 aromatic heterocycles. The van der Waals surface area contributed by atoms with Gasteiger partial charge in [0.25, 0.3) is 17.4 Å². The molecule has 6 heteroatoms. The molecular weight excluding hydrogens is 342 g/mol. The van der Waals surface area contributed by atoms with Crippen molar-refractivity contribution in [1.29, 1.82) is 0 Å². The summed E-state index contributed by atoms with van der Waals surface area (Å²) < 4.78 is 0. The number of pyridine rings is 1.